The van der Waals surface area contributed by atoms with Crippen LogP contribution < -0.4 is 10.6 Å². The van der Waals surface area contributed by atoms with Crippen molar-refractivity contribution in [2.45, 2.75) is 77.4 Å². The number of allylic oxidation sites excluding steroid dienone is 2. The number of amides is 1. The van der Waals surface area contributed by atoms with E-state index >= 15 is 0 Å². The summed E-state index contributed by atoms with van der Waals surface area (Å²) in [5.74, 6) is 1.59. The van der Waals surface area contributed by atoms with Crippen molar-refractivity contribution in [1.82, 2.24) is 9.88 Å². The molecule has 1 saturated heterocycles. The van der Waals surface area contributed by atoms with E-state index in [4.69, 9.17) is 15.5 Å². The van der Waals surface area contributed by atoms with Crippen molar-refractivity contribution in [3.05, 3.63) is 41.1 Å². The van der Waals surface area contributed by atoms with Crippen LogP contribution in [0.4, 0.5) is 10.6 Å². The molecule has 1 atom stereocenters. The topological polar surface area (TPSA) is 95.5 Å². The van der Waals surface area contributed by atoms with E-state index in [9.17, 15) is 10.1 Å². The van der Waals surface area contributed by atoms with E-state index in [1.54, 1.807) is 0 Å². The quantitative estimate of drug-likeness (QED) is 0.606. The van der Waals surface area contributed by atoms with Gasteiger partial charge >= 0.3 is 6.09 Å². The molecule has 34 heavy (non-hydrogen) atoms. The van der Waals surface area contributed by atoms with Crippen LogP contribution in [0, 0.1) is 24.2 Å². The van der Waals surface area contributed by atoms with Crippen molar-refractivity contribution in [3.8, 4) is 6.07 Å². The van der Waals surface area contributed by atoms with Crippen molar-refractivity contribution in [2.75, 3.05) is 24.5 Å². The molecule has 2 aliphatic carbocycles. The zero-order valence-electron chi connectivity index (χ0n) is 20.9. The highest BCUT2D eigenvalue weighted by Gasteiger charge is 2.43. The van der Waals surface area contributed by atoms with Gasteiger partial charge in [-0.1, -0.05) is 12.2 Å². The van der Waals surface area contributed by atoms with Crippen LogP contribution in [0.15, 0.2) is 18.7 Å². The lowest BCUT2D eigenvalue weighted by atomic mass is 9.96. The third-order valence-corrected chi connectivity index (χ3v) is 6.84. The molecule has 2 heterocycles. The van der Waals surface area contributed by atoms with Gasteiger partial charge in [-0.05, 0) is 71.3 Å². The molecular formula is C27H37N5O2. The Kier molecular flexibility index (Phi) is 6.62. The maximum absolute atomic E-state index is 12.9. The number of carbonyl (C=O) groups excluding carboxylic acids is 1. The molecule has 2 saturated carbocycles. The van der Waals surface area contributed by atoms with E-state index < -0.39 is 5.60 Å². The van der Waals surface area contributed by atoms with Gasteiger partial charge in [-0.2, -0.15) is 5.26 Å². The molecule has 1 aromatic heterocycles. The summed E-state index contributed by atoms with van der Waals surface area (Å²) in [4.78, 5) is 22.1. The molecule has 3 aliphatic rings. The van der Waals surface area contributed by atoms with Crippen molar-refractivity contribution < 1.29 is 9.53 Å². The molecule has 3 fully saturated rings. The molecule has 7 nitrogen and oxygen atoms in total. The molecule has 0 aromatic carbocycles. The van der Waals surface area contributed by atoms with Crippen LogP contribution in [0.1, 0.15) is 81.2 Å². The first-order valence-electron chi connectivity index (χ1n) is 12.4. The van der Waals surface area contributed by atoms with Crippen molar-refractivity contribution >= 4 is 17.6 Å². The zero-order chi connectivity index (χ0) is 24.6. The number of hydrogen-bond donors (Lipinski definition) is 1. The van der Waals surface area contributed by atoms with Crippen LogP contribution in [0.3, 0.4) is 0 Å². The fourth-order valence-corrected chi connectivity index (χ4v) is 4.84. The molecule has 4 rings (SSSR count). The Morgan fingerprint density at radius 1 is 1.29 bits per heavy atom. The van der Waals surface area contributed by atoms with Gasteiger partial charge in [0.1, 0.15) is 17.5 Å². The molecule has 1 amide bonds. The highest BCUT2D eigenvalue weighted by atomic mass is 16.6. The predicted molar refractivity (Wildman–Crippen MR) is 134 cm³/mol. The highest BCUT2D eigenvalue weighted by Crippen LogP contribution is 2.45. The van der Waals surface area contributed by atoms with E-state index in [1.807, 2.05) is 44.7 Å². The molecule has 0 bridgehead atoms. The minimum absolute atomic E-state index is 0.0684. The van der Waals surface area contributed by atoms with Gasteiger partial charge in [0, 0.05) is 36.8 Å². The number of nitriles is 1. The molecule has 2 N–H and O–H groups in total. The maximum Gasteiger partial charge on any atom is 0.410 e. The maximum atomic E-state index is 12.9. The van der Waals surface area contributed by atoms with Gasteiger partial charge in [-0.25, -0.2) is 9.78 Å². The first-order valence-corrected chi connectivity index (χ1v) is 12.4. The van der Waals surface area contributed by atoms with Crippen molar-refractivity contribution in [1.29, 1.82) is 5.26 Å². The van der Waals surface area contributed by atoms with Crippen LogP contribution >= 0.6 is 0 Å². The molecule has 1 aliphatic heterocycles. The summed E-state index contributed by atoms with van der Waals surface area (Å²) in [5.41, 5.74) is 9.99. The van der Waals surface area contributed by atoms with Crippen LogP contribution in [0.25, 0.3) is 5.70 Å². The Hall–Kier alpha value is -3.01. The van der Waals surface area contributed by atoms with Gasteiger partial charge in [0.05, 0.1) is 17.3 Å². The fourth-order valence-electron chi connectivity index (χ4n) is 4.84. The van der Waals surface area contributed by atoms with E-state index in [-0.39, 0.29) is 12.1 Å². The minimum Gasteiger partial charge on any atom is -0.444 e. The van der Waals surface area contributed by atoms with Crippen LogP contribution in [0.2, 0.25) is 0 Å². The molecule has 1 unspecified atom stereocenters. The van der Waals surface area contributed by atoms with Crippen molar-refractivity contribution in [2.24, 2.45) is 11.7 Å². The Morgan fingerprint density at radius 2 is 2.00 bits per heavy atom. The van der Waals surface area contributed by atoms with Gasteiger partial charge in [-0.3, -0.25) is 0 Å². The average Bonchev–Trinajstić information content (AvgIpc) is 3.68. The number of carbonyl (C=O) groups is 1. The number of pyridine rings is 1. The van der Waals surface area contributed by atoms with Gasteiger partial charge in [0.25, 0.3) is 0 Å². The fraction of sp³-hybridized carbons (Fsp3) is 0.593. The normalized spacial score (nSPS) is 21.3. The second kappa shape index (κ2) is 9.32. The third-order valence-electron chi connectivity index (χ3n) is 6.84. The number of piperazine rings is 1. The molecule has 1 aromatic rings. The Morgan fingerprint density at radius 3 is 2.56 bits per heavy atom. The molecule has 0 radical (unpaired) electrons. The number of hydrogen-bond acceptors (Lipinski definition) is 6. The van der Waals surface area contributed by atoms with Gasteiger partial charge in [0.2, 0.25) is 0 Å². The van der Waals surface area contributed by atoms with E-state index in [2.05, 4.69) is 17.5 Å². The standard InChI is InChI=1S/C27H37N5O2/c1-6-7-8-21(29)23-17(2)20(15-28)25(30-24(23)19-11-12-19)31-13-14-32(22(16-31)18-9-10-18)26(33)34-27(3,4)5/h6,8,18-19,22H,1,7,9-14,16,29H2,2-5H3/b21-8-. The molecule has 7 heteroatoms. The summed E-state index contributed by atoms with van der Waals surface area (Å²) in [6.45, 7) is 13.3. The highest BCUT2D eigenvalue weighted by molar-refractivity contribution is 5.75. The monoisotopic (exact) mass is 463 g/mol. The number of ether oxygens (including phenoxy) is 1. The van der Waals surface area contributed by atoms with Crippen LogP contribution in [-0.2, 0) is 4.74 Å². The van der Waals surface area contributed by atoms with Crippen molar-refractivity contribution in [3.63, 3.8) is 0 Å². The Bertz CT molecular complexity index is 1040. The number of nitrogens with two attached hydrogens (primary N) is 1. The van der Waals surface area contributed by atoms with E-state index in [1.165, 1.54) is 0 Å². The summed E-state index contributed by atoms with van der Waals surface area (Å²) in [7, 11) is 0. The second-order valence-corrected chi connectivity index (χ2v) is 10.8. The van der Waals surface area contributed by atoms with Crippen LogP contribution in [-0.4, -0.2) is 47.3 Å². The summed E-state index contributed by atoms with van der Waals surface area (Å²) < 4.78 is 5.70. The smallest absolute Gasteiger partial charge is 0.410 e. The number of anilines is 1. The zero-order valence-corrected chi connectivity index (χ0v) is 20.9. The van der Waals surface area contributed by atoms with Gasteiger partial charge in [-0.15, -0.1) is 6.58 Å². The first-order chi connectivity index (χ1) is 16.1. The minimum atomic E-state index is -0.525. The van der Waals surface area contributed by atoms with E-state index in [0.29, 0.717) is 49.2 Å². The lowest BCUT2D eigenvalue weighted by Crippen LogP contribution is -2.57. The first kappa shape index (κ1) is 24.1. The van der Waals surface area contributed by atoms with Gasteiger partial charge < -0.3 is 20.3 Å². The molecule has 0 spiro atoms. The summed E-state index contributed by atoms with van der Waals surface area (Å²) in [5, 5.41) is 10.1. The summed E-state index contributed by atoms with van der Waals surface area (Å²) in [6, 6.07) is 2.48. The average molecular weight is 464 g/mol. The molecular weight excluding hydrogens is 426 g/mol. The lowest BCUT2D eigenvalue weighted by molar-refractivity contribution is 0.0116. The lowest BCUT2D eigenvalue weighted by Gasteiger charge is -2.43. The predicted octanol–water partition coefficient (Wildman–Crippen LogP) is 4.85. The Labute approximate surface area is 203 Å². The Balaban J connectivity index is 1.67. The second-order valence-electron chi connectivity index (χ2n) is 10.8. The summed E-state index contributed by atoms with van der Waals surface area (Å²) >= 11 is 0. The van der Waals surface area contributed by atoms with E-state index in [0.717, 1.165) is 48.3 Å². The third kappa shape index (κ3) is 5.06. The largest absolute Gasteiger partial charge is 0.444 e. The number of rotatable bonds is 6. The number of nitrogens with zero attached hydrogens (tertiary/aromatic N) is 4. The van der Waals surface area contributed by atoms with Gasteiger partial charge in [0.15, 0.2) is 0 Å². The summed E-state index contributed by atoms with van der Waals surface area (Å²) in [6.07, 6.45) is 8.61. The SMILES string of the molecule is C=CC/C=C(\N)c1c(C2CC2)nc(N2CCN(C(=O)OC(C)(C)C)C(C3CC3)C2)c(C#N)c1C. The molecule has 182 valence electrons. The van der Waals surface area contributed by atoms with Crippen LogP contribution in [0.5, 0.6) is 0 Å². The number of aromatic nitrogens is 1.